The summed E-state index contributed by atoms with van der Waals surface area (Å²) < 4.78 is 2.75. The van der Waals surface area contributed by atoms with Crippen molar-refractivity contribution >= 4 is 0 Å². The van der Waals surface area contributed by atoms with Gasteiger partial charge in [-0.1, -0.05) is 168 Å². The molecule has 0 atom stereocenters. The van der Waals surface area contributed by atoms with Crippen LogP contribution in [-0.2, 0) is 0 Å². The summed E-state index contributed by atoms with van der Waals surface area (Å²) in [7, 11) is 0. The van der Waals surface area contributed by atoms with Gasteiger partial charge in [0.1, 0.15) is 0 Å². The summed E-state index contributed by atoms with van der Waals surface area (Å²) in [6.45, 7) is 25.5. The van der Waals surface area contributed by atoms with Crippen molar-refractivity contribution in [1.82, 2.24) is 0 Å². The highest BCUT2D eigenvalue weighted by molar-refractivity contribution is 4.54. The molecule has 0 aliphatic heterocycles. The molecule has 0 aromatic heterocycles. The van der Waals surface area contributed by atoms with E-state index in [9.17, 15) is 0 Å². The summed E-state index contributed by atoms with van der Waals surface area (Å²) in [5.74, 6) is 0. The van der Waals surface area contributed by atoms with E-state index in [-0.39, 0.29) is 0 Å². The Labute approximate surface area is 307 Å². The minimum absolute atomic E-state index is 1.33. The molecule has 0 rings (SSSR count). The van der Waals surface area contributed by atoms with Crippen LogP contribution in [0.25, 0.3) is 0 Å². The van der Waals surface area contributed by atoms with Gasteiger partial charge in [0.15, 0.2) is 0 Å². The van der Waals surface area contributed by atoms with E-state index in [0.717, 1.165) is 0 Å². The summed E-state index contributed by atoms with van der Waals surface area (Å²) in [4.78, 5) is 0. The Kier molecular flexibility index (Phi) is 36.6. The predicted octanol–water partition coefficient (Wildman–Crippen LogP) is 15.2. The van der Waals surface area contributed by atoms with Gasteiger partial charge in [-0.25, -0.2) is 0 Å². The lowest BCUT2D eigenvalue weighted by Crippen LogP contribution is -2.49. The van der Waals surface area contributed by atoms with Gasteiger partial charge in [-0.15, -0.1) is 0 Å². The van der Waals surface area contributed by atoms with Crippen LogP contribution in [0.5, 0.6) is 0 Å². The minimum Gasteiger partial charge on any atom is -0.324 e. The number of rotatable bonds is 41. The number of hydrogen-bond acceptors (Lipinski definition) is 0. The van der Waals surface area contributed by atoms with Crippen LogP contribution < -0.4 is 0 Å². The molecule has 0 saturated heterocycles. The Morgan fingerprint density at radius 2 is 0.333 bits per heavy atom. The van der Waals surface area contributed by atoms with E-state index < -0.39 is 0 Å². The summed E-state index contributed by atoms with van der Waals surface area (Å²) in [6.07, 6.45) is 46.8. The first-order valence-electron chi connectivity index (χ1n) is 23.3. The number of unbranched alkanes of at least 4 members (excludes halogenated alkanes) is 29. The quantitative estimate of drug-likeness (QED) is 0.0446. The van der Waals surface area contributed by atoms with Gasteiger partial charge in [0.25, 0.3) is 0 Å². The van der Waals surface area contributed by atoms with E-state index in [4.69, 9.17) is 0 Å². The minimum atomic E-state index is 1.33. The Morgan fingerprint density at radius 1 is 0.188 bits per heavy atom. The highest BCUT2D eigenvalue weighted by Crippen LogP contribution is 2.19. The van der Waals surface area contributed by atoms with E-state index >= 15 is 0 Å². The maximum absolute atomic E-state index is 2.46. The molecule has 0 radical (unpaired) electrons. The Morgan fingerprint density at radius 3 is 0.479 bits per heavy atom. The van der Waals surface area contributed by atoms with E-state index in [1.165, 1.54) is 267 Å². The molecule has 0 aromatic carbocycles. The normalized spacial score (nSPS) is 12.4. The van der Waals surface area contributed by atoms with Crippen LogP contribution in [0.2, 0.25) is 0 Å². The second kappa shape index (κ2) is 36.7. The maximum Gasteiger partial charge on any atom is 0.0786 e. The molecule has 0 aliphatic rings. The molecule has 2 heteroatoms. The van der Waals surface area contributed by atoms with Crippen LogP contribution in [0.3, 0.4) is 0 Å². The van der Waals surface area contributed by atoms with Crippen molar-refractivity contribution in [2.75, 3.05) is 52.4 Å². The lowest BCUT2D eigenvalue weighted by molar-refractivity contribution is -0.926. The molecule has 0 heterocycles. The van der Waals surface area contributed by atoms with Gasteiger partial charge in [-0.05, 0) is 79.1 Å². The second-order valence-corrected chi connectivity index (χ2v) is 16.4. The molecule has 0 aromatic rings. The van der Waals surface area contributed by atoms with Gasteiger partial charge in [-0.2, -0.15) is 0 Å². The first kappa shape index (κ1) is 47.9. The van der Waals surface area contributed by atoms with Crippen molar-refractivity contribution in [3.63, 3.8) is 0 Å². The Hall–Kier alpha value is -0.0800. The van der Waals surface area contributed by atoms with Crippen LogP contribution in [0.4, 0.5) is 0 Å². The molecule has 0 unspecified atom stereocenters. The molecular formula is C46H98N2+2. The molecular weight excluding hydrogens is 581 g/mol. The van der Waals surface area contributed by atoms with Crippen LogP contribution in [0.1, 0.15) is 247 Å². The van der Waals surface area contributed by atoms with Gasteiger partial charge < -0.3 is 8.97 Å². The lowest BCUT2D eigenvalue weighted by atomic mass is 10.0. The molecule has 0 amide bonds. The van der Waals surface area contributed by atoms with E-state index in [0.29, 0.717) is 0 Å². The van der Waals surface area contributed by atoms with Gasteiger partial charge in [0.2, 0.25) is 0 Å². The Balaban J connectivity index is 3.90. The first-order chi connectivity index (χ1) is 23.6. The molecule has 2 nitrogen and oxygen atoms in total. The summed E-state index contributed by atoms with van der Waals surface area (Å²) in [6, 6.07) is 0. The zero-order valence-electron chi connectivity index (χ0n) is 35.2. The molecule has 290 valence electrons. The topological polar surface area (TPSA) is 0 Å². The van der Waals surface area contributed by atoms with Crippen LogP contribution in [-0.4, -0.2) is 61.3 Å². The SMILES string of the molecule is CCCCCCCCCCCCCCCC[N+](CC)(CC)CCCCCC[N+](CC)(CC)CCCCCCCCCCCCCCCC. The number of hydrogen-bond donors (Lipinski definition) is 0. The van der Waals surface area contributed by atoms with Crippen LogP contribution >= 0.6 is 0 Å². The standard InChI is InChI=1S/C46H98N2/c1-7-13-15-17-19-21-23-25-27-29-31-33-35-39-43-47(9-3,10-4)45-41-37-38-42-46-48(11-5,12-6)44-40-36-34-32-30-28-26-24-22-20-18-16-14-8-2/h7-46H2,1-6H3/q+2. The van der Waals surface area contributed by atoms with Crippen molar-refractivity contribution in [1.29, 1.82) is 0 Å². The number of nitrogens with zero attached hydrogens (tertiary/aromatic N) is 2. The van der Waals surface area contributed by atoms with E-state index in [1.807, 2.05) is 0 Å². The van der Waals surface area contributed by atoms with Gasteiger partial charge >= 0.3 is 0 Å². The highest BCUT2D eigenvalue weighted by Gasteiger charge is 2.23. The Bertz CT molecular complexity index is 541. The zero-order valence-corrected chi connectivity index (χ0v) is 35.2. The summed E-state index contributed by atoms with van der Waals surface area (Å²) in [5, 5.41) is 0. The molecule has 0 saturated carbocycles. The zero-order chi connectivity index (χ0) is 35.3. The van der Waals surface area contributed by atoms with Gasteiger partial charge in [0, 0.05) is 0 Å². The maximum atomic E-state index is 2.46. The largest absolute Gasteiger partial charge is 0.324 e. The lowest BCUT2D eigenvalue weighted by Gasteiger charge is -2.38. The van der Waals surface area contributed by atoms with E-state index in [1.54, 1.807) is 0 Å². The van der Waals surface area contributed by atoms with Crippen LogP contribution in [0, 0.1) is 0 Å². The summed E-state index contributed by atoms with van der Waals surface area (Å²) >= 11 is 0. The third-order valence-corrected chi connectivity index (χ3v) is 12.7. The first-order valence-corrected chi connectivity index (χ1v) is 23.3. The third kappa shape index (κ3) is 28.6. The van der Waals surface area contributed by atoms with Crippen molar-refractivity contribution < 1.29 is 8.97 Å². The average Bonchev–Trinajstić information content (AvgIpc) is 3.11. The van der Waals surface area contributed by atoms with Crippen molar-refractivity contribution in [3.8, 4) is 0 Å². The number of quaternary nitrogens is 2. The molecule has 48 heavy (non-hydrogen) atoms. The highest BCUT2D eigenvalue weighted by atomic mass is 15.3. The molecule has 0 N–H and O–H groups in total. The van der Waals surface area contributed by atoms with Crippen molar-refractivity contribution in [2.45, 2.75) is 247 Å². The summed E-state index contributed by atoms with van der Waals surface area (Å²) in [5.41, 5.74) is 0. The fraction of sp³-hybridized carbons (Fsp3) is 1.00. The fourth-order valence-electron chi connectivity index (χ4n) is 8.47. The predicted molar refractivity (Wildman–Crippen MR) is 221 cm³/mol. The smallest absolute Gasteiger partial charge is 0.0786 e. The fourth-order valence-corrected chi connectivity index (χ4v) is 8.47. The molecule has 0 bridgehead atoms. The average molecular weight is 679 g/mol. The van der Waals surface area contributed by atoms with Crippen LogP contribution in [0.15, 0.2) is 0 Å². The molecule has 0 fully saturated rings. The second-order valence-electron chi connectivity index (χ2n) is 16.4. The monoisotopic (exact) mass is 679 g/mol. The molecule has 0 spiro atoms. The van der Waals surface area contributed by atoms with Crippen molar-refractivity contribution in [2.24, 2.45) is 0 Å². The van der Waals surface area contributed by atoms with Gasteiger partial charge in [0.05, 0.1) is 52.4 Å². The van der Waals surface area contributed by atoms with E-state index in [2.05, 4.69) is 41.5 Å². The van der Waals surface area contributed by atoms with Crippen molar-refractivity contribution in [3.05, 3.63) is 0 Å². The molecule has 0 aliphatic carbocycles. The third-order valence-electron chi connectivity index (χ3n) is 12.7. The van der Waals surface area contributed by atoms with Gasteiger partial charge in [-0.3, -0.25) is 0 Å².